The first-order valence-corrected chi connectivity index (χ1v) is 7.02. The van der Waals surface area contributed by atoms with Gasteiger partial charge in [0.05, 0.1) is 0 Å². The molecule has 0 saturated carbocycles. The number of carbonyl (C=O) groups is 1. The van der Waals surface area contributed by atoms with Crippen molar-refractivity contribution in [2.45, 2.75) is 33.6 Å². The van der Waals surface area contributed by atoms with Crippen LogP contribution in [0.5, 0.6) is 0 Å². The van der Waals surface area contributed by atoms with E-state index < -0.39 is 0 Å². The van der Waals surface area contributed by atoms with Gasteiger partial charge in [0.1, 0.15) is 0 Å². The molecule has 1 aromatic carbocycles. The molecule has 1 aliphatic rings. The van der Waals surface area contributed by atoms with E-state index in [1.54, 1.807) is 0 Å². The van der Waals surface area contributed by atoms with E-state index in [-0.39, 0.29) is 11.3 Å². The van der Waals surface area contributed by atoms with E-state index in [4.69, 9.17) is 5.73 Å². The number of amides is 1. The molecule has 1 fully saturated rings. The largest absolute Gasteiger partial charge is 0.339 e. The summed E-state index contributed by atoms with van der Waals surface area (Å²) >= 11 is 0. The Bertz CT molecular complexity index is 474. The molecule has 0 aromatic heterocycles. The maximum Gasteiger partial charge on any atom is 0.253 e. The van der Waals surface area contributed by atoms with E-state index in [1.165, 1.54) is 11.1 Å². The second-order valence-corrected chi connectivity index (χ2v) is 6.11. The number of carbonyl (C=O) groups excluding carboxylic acids is 1. The number of rotatable bonds is 2. The highest BCUT2D eigenvalue weighted by molar-refractivity contribution is 5.94. The fourth-order valence-corrected chi connectivity index (χ4v) is 2.51. The topological polar surface area (TPSA) is 46.3 Å². The molecule has 0 atom stereocenters. The van der Waals surface area contributed by atoms with Crippen LogP contribution in [0.15, 0.2) is 18.2 Å². The molecule has 2 rings (SSSR count). The monoisotopic (exact) mass is 260 g/mol. The average molecular weight is 260 g/mol. The first-order valence-electron chi connectivity index (χ1n) is 7.02. The Morgan fingerprint density at radius 3 is 2.42 bits per heavy atom. The standard InChI is InChI=1S/C16H24N2O/c1-12-4-5-14(10-13(12)2)15(19)18-8-6-16(3,11-17)7-9-18/h4-5,10H,6-9,11,17H2,1-3H3. The molecule has 0 radical (unpaired) electrons. The van der Waals surface area contributed by atoms with Gasteiger partial charge in [-0.25, -0.2) is 0 Å². The molecule has 1 saturated heterocycles. The van der Waals surface area contributed by atoms with Crippen molar-refractivity contribution in [1.82, 2.24) is 4.90 Å². The summed E-state index contributed by atoms with van der Waals surface area (Å²) in [6.45, 7) is 8.67. The van der Waals surface area contributed by atoms with E-state index in [0.717, 1.165) is 31.5 Å². The third kappa shape index (κ3) is 2.98. The zero-order valence-electron chi connectivity index (χ0n) is 12.2. The lowest BCUT2D eigenvalue weighted by atomic mass is 9.80. The van der Waals surface area contributed by atoms with Gasteiger partial charge in [0, 0.05) is 18.7 Å². The molecule has 104 valence electrons. The lowest BCUT2D eigenvalue weighted by molar-refractivity contribution is 0.0617. The summed E-state index contributed by atoms with van der Waals surface area (Å²) in [4.78, 5) is 14.4. The van der Waals surface area contributed by atoms with E-state index in [9.17, 15) is 4.79 Å². The molecule has 19 heavy (non-hydrogen) atoms. The van der Waals surface area contributed by atoms with Crippen LogP contribution in [-0.2, 0) is 0 Å². The predicted molar refractivity (Wildman–Crippen MR) is 78.2 cm³/mol. The Hall–Kier alpha value is -1.35. The van der Waals surface area contributed by atoms with Crippen molar-refractivity contribution in [3.63, 3.8) is 0 Å². The van der Waals surface area contributed by atoms with Gasteiger partial charge < -0.3 is 10.6 Å². The Kier molecular flexibility index (Phi) is 3.95. The molecule has 2 N–H and O–H groups in total. The molecule has 1 aromatic rings. The van der Waals surface area contributed by atoms with E-state index in [2.05, 4.69) is 13.8 Å². The minimum Gasteiger partial charge on any atom is -0.339 e. The molecule has 0 spiro atoms. The van der Waals surface area contributed by atoms with E-state index >= 15 is 0 Å². The second-order valence-electron chi connectivity index (χ2n) is 6.11. The van der Waals surface area contributed by atoms with Crippen LogP contribution in [0.4, 0.5) is 0 Å². The van der Waals surface area contributed by atoms with Crippen molar-refractivity contribution in [2.75, 3.05) is 19.6 Å². The minimum atomic E-state index is 0.155. The minimum absolute atomic E-state index is 0.155. The third-order valence-corrected chi connectivity index (χ3v) is 4.50. The number of nitrogens with zero attached hydrogens (tertiary/aromatic N) is 1. The van der Waals surface area contributed by atoms with Crippen LogP contribution in [0, 0.1) is 19.3 Å². The molecule has 0 unspecified atom stereocenters. The van der Waals surface area contributed by atoms with Crippen LogP contribution in [0.1, 0.15) is 41.3 Å². The highest BCUT2D eigenvalue weighted by Crippen LogP contribution is 2.30. The Morgan fingerprint density at radius 2 is 1.89 bits per heavy atom. The molecule has 3 heteroatoms. The van der Waals surface area contributed by atoms with Gasteiger partial charge in [0.2, 0.25) is 0 Å². The third-order valence-electron chi connectivity index (χ3n) is 4.50. The van der Waals surface area contributed by atoms with Gasteiger partial charge in [-0.15, -0.1) is 0 Å². The normalized spacial score (nSPS) is 18.4. The van der Waals surface area contributed by atoms with Gasteiger partial charge in [-0.2, -0.15) is 0 Å². The van der Waals surface area contributed by atoms with E-state index in [1.807, 2.05) is 30.0 Å². The van der Waals surface area contributed by atoms with E-state index in [0.29, 0.717) is 6.54 Å². The van der Waals surface area contributed by atoms with Gasteiger partial charge in [-0.3, -0.25) is 4.79 Å². The number of benzene rings is 1. The lowest BCUT2D eigenvalue weighted by Gasteiger charge is -2.38. The number of aryl methyl sites for hydroxylation is 2. The molecule has 0 aliphatic carbocycles. The quantitative estimate of drug-likeness (QED) is 0.888. The van der Waals surface area contributed by atoms with Crippen LogP contribution in [0.2, 0.25) is 0 Å². The van der Waals surface area contributed by atoms with Crippen molar-refractivity contribution in [2.24, 2.45) is 11.1 Å². The second kappa shape index (κ2) is 5.33. The Morgan fingerprint density at radius 1 is 1.26 bits per heavy atom. The fourth-order valence-electron chi connectivity index (χ4n) is 2.51. The fraction of sp³-hybridized carbons (Fsp3) is 0.562. The molecule has 1 aliphatic heterocycles. The predicted octanol–water partition coefficient (Wildman–Crippen LogP) is 2.50. The number of hydrogen-bond acceptors (Lipinski definition) is 2. The molecule has 3 nitrogen and oxygen atoms in total. The molecular weight excluding hydrogens is 236 g/mol. The van der Waals surface area contributed by atoms with Crippen LogP contribution in [-0.4, -0.2) is 30.4 Å². The van der Waals surface area contributed by atoms with Crippen molar-refractivity contribution in [3.05, 3.63) is 34.9 Å². The summed E-state index contributed by atoms with van der Waals surface area (Å²) in [6, 6.07) is 5.95. The summed E-state index contributed by atoms with van der Waals surface area (Å²) in [6.07, 6.45) is 2.00. The summed E-state index contributed by atoms with van der Waals surface area (Å²) in [5.74, 6) is 0.155. The number of hydrogen-bond donors (Lipinski definition) is 1. The van der Waals surface area contributed by atoms with Gasteiger partial charge >= 0.3 is 0 Å². The summed E-state index contributed by atoms with van der Waals surface area (Å²) in [5.41, 5.74) is 9.22. The zero-order valence-corrected chi connectivity index (χ0v) is 12.2. The molecule has 0 bridgehead atoms. The van der Waals surface area contributed by atoms with Crippen LogP contribution in [0.3, 0.4) is 0 Å². The first kappa shape index (κ1) is 14.1. The number of piperidine rings is 1. The molecule has 1 amide bonds. The van der Waals surface area contributed by atoms with Gasteiger partial charge in [-0.05, 0) is 61.9 Å². The summed E-state index contributed by atoms with van der Waals surface area (Å²) in [7, 11) is 0. The maximum atomic E-state index is 12.5. The molecule has 1 heterocycles. The van der Waals surface area contributed by atoms with Gasteiger partial charge in [0.25, 0.3) is 5.91 Å². The maximum absolute atomic E-state index is 12.5. The van der Waals surface area contributed by atoms with Crippen molar-refractivity contribution in [1.29, 1.82) is 0 Å². The van der Waals surface area contributed by atoms with Crippen LogP contribution < -0.4 is 5.73 Å². The summed E-state index contributed by atoms with van der Waals surface area (Å²) in [5, 5.41) is 0. The van der Waals surface area contributed by atoms with Crippen molar-refractivity contribution < 1.29 is 4.79 Å². The van der Waals surface area contributed by atoms with Gasteiger partial charge in [0.15, 0.2) is 0 Å². The number of nitrogens with two attached hydrogens (primary N) is 1. The SMILES string of the molecule is Cc1ccc(C(=O)N2CCC(C)(CN)CC2)cc1C. The Balaban J connectivity index is 2.07. The highest BCUT2D eigenvalue weighted by Gasteiger charge is 2.30. The van der Waals surface area contributed by atoms with Crippen molar-refractivity contribution in [3.8, 4) is 0 Å². The van der Waals surface area contributed by atoms with Gasteiger partial charge in [-0.1, -0.05) is 13.0 Å². The lowest BCUT2D eigenvalue weighted by Crippen LogP contribution is -2.44. The summed E-state index contributed by atoms with van der Waals surface area (Å²) < 4.78 is 0. The van der Waals surface area contributed by atoms with Crippen LogP contribution >= 0.6 is 0 Å². The highest BCUT2D eigenvalue weighted by atomic mass is 16.2. The van der Waals surface area contributed by atoms with Crippen molar-refractivity contribution >= 4 is 5.91 Å². The zero-order chi connectivity index (χ0) is 14.0. The number of likely N-dealkylation sites (tertiary alicyclic amines) is 1. The first-order chi connectivity index (χ1) is 8.95. The molecular formula is C16H24N2O. The Labute approximate surface area is 115 Å². The average Bonchev–Trinajstić information content (AvgIpc) is 2.42. The van der Waals surface area contributed by atoms with Crippen LogP contribution in [0.25, 0.3) is 0 Å². The smallest absolute Gasteiger partial charge is 0.253 e.